The molecule has 23 heavy (non-hydrogen) atoms. The highest BCUT2D eigenvalue weighted by Crippen LogP contribution is 2.37. The van der Waals surface area contributed by atoms with Gasteiger partial charge >= 0.3 is 5.97 Å². The first-order valence-corrected chi connectivity index (χ1v) is 7.28. The van der Waals surface area contributed by atoms with Gasteiger partial charge in [-0.3, -0.25) is 0 Å². The van der Waals surface area contributed by atoms with Gasteiger partial charge in [-0.2, -0.15) is 0 Å². The van der Waals surface area contributed by atoms with Gasteiger partial charge in [0.25, 0.3) is 0 Å². The van der Waals surface area contributed by atoms with Gasteiger partial charge in [0, 0.05) is 5.02 Å². The lowest BCUT2D eigenvalue weighted by Crippen LogP contribution is -2.28. The molecule has 1 atom stereocenters. The Kier molecular flexibility index (Phi) is 5.71. The van der Waals surface area contributed by atoms with Crippen molar-refractivity contribution in [1.82, 2.24) is 0 Å². The van der Waals surface area contributed by atoms with Gasteiger partial charge in [0.05, 0.1) is 14.2 Å². The maximum atomic E-state index is 12.2. The Morgan fingerprint density at radius 2 is 1.57 bits per heavy atom. The van der Waals surface area contributed by atoms with Crippen molar-refractivity contribution in [3.63, 3.8) is 0 Å². The van der Waals surface area contributed by atoms with Crippen LogP contribution in [-0.2, 0) is 4.79 Å². The molecule has 0 amide bonds. The van der Waals surface area contributed by atoms with E-state index in [1.54, 1.807) is 49.4 Å². The molecule has 0 radical (unpaired) electrons. The molecule has 6 heteroatoms. The molecular weight excluding hydrogens is 320 g/mol. The predicted molar refractivity (Wildman–Crippen MR) is 86.7 cm³/mol. The van der Waals surface area contributed by atoms with Gasteiger partial charge in [-0.15, -0.1) is 0 Å². The van der Waals surface area contributed by atoms with Crippen molar-refractivity contribution in [2.75, 3.05) is 14.2 Å². The molecule has 0 bridgehead atoms. The molecule has 0 saturated heterocycles. The predicted octanol–water partition coefficient (Wildman–Crippen LogP) is 3.73. The van der Waals surface area contributed by atoms with Crippen LogP contribution < -0.4 is 18.9 Å². The van der Waals surface area contributed by atoms with E-state index >= 15 is 0 Å². The van der Waals surface area contributed by atoms with Gasteiger partial charge in [0.15, 0.2) is 17.6 Å². The van der Waals surface area contributed by atoms with Crippen LogP contribution in [0.3, 0.4) is 0 Å². The zero-order valence-electron chi connectivity index (χ0n) is 13.0. The van der Waals surface area contributed by atoms with Crippen LogP contribution >= 0.6 is 11.6 Å². The smallest absolute Gasteiger partial charge is 0.352 e. The Balaban J connectivity index is 2.10. The van der Waals surface area contributed by atoms with Crippen molar-refractivity contribution < 1.29 is 23.7 Å². The first kappa shape index (κ1) is 17.0. The molecule has 5 nitrogen and oxygen atoms in total. The number of carbonyl (C=O) groups is 1. The number of esters is 1. The summed E-state index contributed by atoms with van der Waals surface area (Å²) >= 11 is 5.81. The Morgan fingerprint density at radius 1 is 1.00 bits per heavy atom. The van der Waals surface area contributed by atoms with Gasteiger partial charge in [0.2, 0.25) is 5.75 Å². The summed E-state index contributed by atoms with van der Waals surface area (Å²) in [5, 5.41) is 0.589. The van der Waals surface area contributed by atoms with E-state index in [1.165, 1.54) is 14.2 Å². The lowest BCUT2D eigenvalue weighted by Gasteiger charge is -2.16. The fraction of sp³-hybridized carbons (Fsp3) is 0.235. The summed E-state index contributed by atoms with van der Waals surface area (Å²) in [5.74, 6) is 0.968. The third-order valence-corrected chi connectivity index (χ3v) is 3.30. The minimum Gasteiger partial charge on any atom is -0.493 e. The summed E-state index contributed by atoms with van der Waals surface area (Å²) in [6.45, 7) is 1.60. The number of hydrogen-bond acceptors (Lipinski definition) is 5. The molecule has 0 unspecified atom stereocenters. The van der Waals surface area contributed by atoms with Crippen molar-refractivity contribution in [2.24, 2.45) is 0 Å². The van der Waals surface area contributed by atoms with E-state index in [1.807, 2.05) is 0 Å². The second-order valence-corrected chi connectivity index (χ2v) is 5.06. The maximum Gasteiger partial charge on any atom is 0.352 e. The first-order chi connectivity index (χ1) is 11.0. The third kappa shape index (κ3) is 4.29. The van der Waals surface area contributed by atoms with Crippen molar-refractivity contribution in [3.8, 4) is 23.0 Å². The summed E-state index contributed by atoms with van der Waals surface area (Å²) in [6, 6.07) is 11.8. The number of rotatable bonds is 6. The normalized spacial score (nSPS) is 11.5. The molecule has 0 saturated carbocycles. The molecule has 122 valence electrons. The zero-order chi connectivity index (χ0) is 16.8. The van der Waals surface area contributed by atoms with Crippen LogP contribution in [0.4, 0.5) is 0 Å². The number of carbonyl (C=O) groups excluding carboxylic acids is 1. The van der Waals surface area contributed by atoms with Crippen LogP contribution in [-0.4, -0.2) is 26.3 Å². The van der Waals surface area contributed by atoms with E-state index in [2.05, 4.69) is 0 Å². The van der Waals surface area contributed by atoms with Crippen LogP contribution in [0.5, 0.6) is 23.0 Å². The molecule has 2 aromatic carbocycles. The van der Waals surface area contributed by atoms with E-state index in [0.717, 1.165) is 0 Å². The molecule has 0 aliphatic carbocycles. The molecule has 0 aliphatic rings. The molecule has 0 aromatic heterocycles. The lowest BCUT2D eigenvalue weighted by molar-refractivity contribution is -0.141. The van der Waals surface area contributed by atoms with Crippen LogP contribution in [0, 0.1) is 0 Å². The molecule has 2 aromatic rings. The van der Waals surface area contributed by atoms with Crippen LogP contribution in [0.25, 0.3) is 0 Å². The number of halogens is 1. The van der Waals surface area contributed by atoms with Crippen molar-refractivity contribution >= 4 is 17.6 Å². The number of para-hydroxylation sites is 1. The van der Waals surface area contributed by atoms with Crippen molar-refractivity contribution in [3.05, 3.63) is 47.5 Å². The van der Waals surface area contributed by atoms with Crippen LogP contribution in [0.1, 0.15) is 6.92 Å². The van der Waals surface area contributed by atoms with Gasteiger partial charge in [-0.1, -0.05) is 17.7 Å². The van der Waals surface area contributed by atoms with Crippen LogP contribution in [0.15, 0.2) is 42.5 Å². The van der Waals surface area contributed by atoms with E-state index in [9.17, 15) is 4.79 Å². The maximum absolute atomic E-state index is 12.2. The Hall–Kier alpha value is -2.40. The van der Waals surface area contributed by atoms with Crippen molar-refractivity contribution in [2.45, 2.75) is 13.0 Å². The molecule has 0 N–H and O–H groups in total. The summed E-state index contributed by atoms with van der Waals surface area (Å²) in [6.07, 6.45) is -0.814. The molecule has 2 rings (SSSR count). The van der Waals surface area contributed by atoms with Crippen LogP contribution in [0.2, 0.25) is 5.02 Å². The van der Waals surface area contributed by atoms with E-state index in [4.69, 9.17) is 30.5 Å². The fourth-order valence-corrected chi connectivity index (χ4v) is 1.99. The second kappa shape index (κ2) is 7.74. The average molecular weight is 337 g/mol. The summed E-state index contributed by atoms with van der Waals surface area (Å²) in [4.78, 5) is 12.2. The highest BCUT2D eigenvalue weighted by atomic mass is 35.5. The highest BCUT2D eigenvalue weighted by molar-refractivity contribution is 6.30. The molecule has 0 fully saturated rings. The van der Waals surface area contributed by atoms with E-state index in [-0.39, 0.29) is 5.75 Å². The number of hydrogen-bond donors (Lipinski definition) is 0. The van der Waals surface area contributed by atoms with Gasteiger partial charge < -0.3 is 18.9 Å². The minimum atomic E-state index is -0.814. The topological polar surface area (TPSA) is 54.0 Å². The zero-order valence-corrected chi connectivity index (χ0v) is 13.8. The fourth-order valence-electron chi connectivity index (χ4n) is 1.87. The first-order valence-electron chi connectivity index (χ1n) is 6.90. The Morgan fingerprint density at radius 3 is 2.09 bits per heavy atom. The monoisotopic (exact) mass is 336 g/mol. The molecule has 0 spiro atoms. The summed E-state index contributed by atoms with van der Waals surface area (Å²) in [7, 11) is 2.97. The SMILES string of the molecule is COc1cccc(OC)c1OC(=O)[C@@H](C)Oc1ccc(Cl)cc1. The standard InChI is InChI=1S/C17H17ClO5/c1-11(22-13-9-7-12(18)8-10-13)17(19)23-16-14(20-2)5-4-6-15(16)21-3/h4-11H,1-3H3/t11-/m1/s1. The summed E-state index contributed by atoms with van der Waals surface area (Å²) < 4.78 is 21.3. The third-order valence-electron chi connectivity index (χ3n) is 3.04. The Bertz CT molecular complexity index is 647. The quantitative estimate of drug-likeness (QED) is 0.594. The Labute approximate surface area is 139 Å². The summed E-state index contributed by atoms with van der Waals surface area (Å²) in [5.41, 5.74) is 0. The number of methoxy groups -OCH3 is 2. The van der Waals surface area contributed by atoms with Gasteiger partial charge in [0.1, 0.15) is 5.75 Å². The molecule has 0 heterocycles. The second-order valence-electron chi connectivity index (χ2n) is 4.63. The molecular formula is C17H17ClO5. The number of ether oxygens (including phenoxy) is 4. The largest absolute Gasteiger partial charge is 0.493 e. The average Bonchev–Trinajstić information content (AvgIpc) is 2.56. The van der Waals surface area contributed by atoms with E-state index < -0.39 is 12.1 Å². The molecule has 0 aliphatic heterocycles. The van der Waals surface area contributed by atoms with E-state index in [0.29, 0.717) is 22.3 Å². The highest BCUT2D eigenvalue weighted by Gasteiger charge is 2.21. The van der Waals surface area contributed by atoms with Crippen molar-refractivity contribution in [1.29, 1.82) is 0 Å². The lowest BCUT2D eigenvalue weighted by atomic mass is 10.3. The van der Waals surface area contributed by atoms with Gasteiger partial charge in [-0.05, 0) is 43.3 Å². The minimum absolute atomic E-state index is 0.217. The van der Waals surface area contributed by atoms with Gasteiger partial charge in [-0.25, -0.2) is 4.79 Å². The number of benzene rings is 2.